The van der Waals surface area contributed by atoms with E-state index in [-0.39, 0.29) is 24.6 Å². The van der Waals surface area contributed by atoms with Crippen molar-refractivity contribution in [3.05, 3.63) is 52.8 Å². The van der Waals surface area contributed by atoms with E-state index in [0.717, 1.165) is 11.1 Å². The third kappa shape index (κ3) is 6.71. The largest absolute Gasteiger partial charge is 0.493 e. The molecule has 138 valence electrons. The Morgan fingerprint density at radius 1 is 1.16 bits per heavy atom. The van der Waals surface area contributed by atoms with E-state index in [1.807, 2.05) is 38.1 Å². The van der Waals surface area contributed by atoms with Crippen LogP contribution in [0.15, 0.2) is 36.5 Å². The highest BCUT2D eigenvalue weighted by Crippen LogP contribution is 2.29. The Hall–Kier alpha value is -1.53. The molecule has 1 aromatic heterocycles. The average molecular weight is 387 g/mol. The maximum Gasteiger partial charge on any atom is 0.161 e. The van der Waals surface area contributed by atoms with Gasteiger partial charge in [0.25, 0.3) is 0 Å². The minimum absolute atomic E-state index is 0. The lowest BCUT2D eigenvalue weighted by molar-refractivity contribution is 0.187. The number of aromatic nitrogens is 1. The summed E-state index contributed by atoms with van der Waals surface area (Å²) in [5, 5.41) is 13.0. The van der Waals surface area contributed by atoms with E-state index in [1.54, 1.807) is 19.4 Å². The van der Waals surface area contributed by atoms with Crippen molar-refractivity contribution in [1.82, 2.24) is 10.3 Å². The standard InChI is InChI=1S/C18H23ClN2O3.ClH/c1-18(2,12-22)21-10-13-4-6-15(16(8-13)23-3)24-11-14-5-7-17(19)20-9-14;/h4-9,21-22H,10-12H2,1-3H3;1H. The Kier molecular flexibility index (Phi) is 8.45. The molecule has 0 bridgehead atoms. The number of pyridine rings is 1. The third-order valence-corrected chi connectivity index (χ3v) is 3.80. The van der Waals surface area contributed by atoms with E-state index in [4.69, 9.17) is 21.1 Å². The summed E-state index contributed by atoms with van der Waals surface area (Å²) in [7, 11) is 1.61. The number of hydrogen-bond donors (Lipinski definition) is 2. The van der Waals surface area contributed by atoms with Crippen molar-refractivity contribution in [2.45, 2.75) is 32.5 Å². The second kappa shape index (κ2) is 9.82. The summed E-state index contributed by atoms with van der Waals surface area (Å²) in [4.78, 5) is 4.03. The predicted octanol–water partition coefficient (Wildman–Crippen LogP) is 3.60. The van der Waals surface area contributed by atoms with E-state index in [1.165, 1.54) is 0 Å². The molecule has 2 rings (SSSR count). The van der Waals surface area contributed by atoms with Crippen molar-refractivity contribution in [3.8, 4) is 11.5 Å². The fourth-order valence-electron chi connectivity index (χ4n) is 1.99. The number of benzene rings is 1. The van der Waals surface area contributed by atoms with Gasteiger partial charge in [-0.25, -0.2) is 4.98 Å². The summed E-state index contributed by atoms with van der Waals surface area (Å²) in [6.45, 7) is 4.98. The topological polar surface area (TPSA) is 63.6 Å². The summed E-state index contributed by atoms with van der Waals surface area (Å²) in [6, 6.07) is 9.38. The van der Waals surface area contributed by atoms with Gasteiger partial charge in [-0.1, -0.05) is 23.7 Å². The Morgan fingerprint density at radius 2 is 1.88 bits per heavy atom. The summed E-state index contributed by atoms with van der Waals surface area (Å²) in [5.74, 6) is 1.33. The number of hydrogen-bond acceptors (Lipinski definition) is 5. The zero-order valence-electron chi connectivity index (χ0n) is 14.6. The molecule has 25 heavy (non-hydrogen) atoms. The van der Waals surface area contributed by atoms with Gasteiger partial charge in [0.1, 0.15) is 11.8 Å². The van der Waals surface area contributed by atoms with Crippen LogP contribution in [0.2, 0.25) is 5.15 Å². The van der Waals surface area contributed by atoms with Crippen molar-refractivity contribution in [2.24, 2.45) is 0 Å². The van der Waals surface area contributed by atoms with E-state index in [9.17, 15) is 5.11 Å². The first-order valence-corrected chi connectivity index (χ1v) is 8.07. The van der Waals surface area contributed by atoms with Crippen LogP contribution in [0.1, 0.15) is 25.0 Å². The molecule has 5 nitrogen and oxygen atoms in total. The number of methoxy groups -OCH3 is 1. The molecule has 0 aliphatic carbocycles. The van der Waals surface area contributed by atoms with Crippen LogP contribution in [0.25, 0.3) is 0 Å². The van der Waals surface area contributed by atoms with Crippen LogP contribution in [0.5, 0.6) is 11.5 Å². The van der Waals surface area contributed by atoms with Crippen LogP contribution in [-0.4, -0.2) is 29.3 Å². The molecule has 0 aliphatic heterocycles. The van der Waals surface area contributed by atoms with Gasteiger partial charge in [-0.05, 0) is 37.6 Å². The van der Waals surface area contributed by atoms with E-state index >= 15 is 0 Å². The minimum atomic E-state index is -0.329. The molecule has 0 amide bonds. The summed E-state index contributed by atoms with van der Waals surface area (Å²) < 4.78 is 11.2. The molecule has 0 atom stereocenters. The quantitative estimate of drug-likeness (QED) is 0.678. The van der Waals surface area contributed by atoms with Gasteiger partial charge in [0, 0.05) is 23.8 Å². The smallest absolute Gasteiger partial charge is 0.161 e. The molecule has 2 N–H and O–H groups in total. The highest BCUT2D eigenvalue weighted by Gasteiger charge is 2.15. The van der Waals surface area contributed by atoms with Gasteiger partial charge in [0.2, 0.25) is 0 Å². The van der Waals surface area contributed by atoms with Crippen LogP contribution >= 0.6 is 24.0 Å². The zero-order chi connectivity index (χ0) is 17.6. The number of nitrogens with zero attached hydrogens (tertiary/aromatic N) is 1. The number of ether oxygens (including phenoxy) is 2. The second-order valence-electron chi connectivity index (χ2n) is 6.16. The van der Waals surface area contributed by atoms with Crippen molar-refractivity contribution in [1.29, 1.82) is 0 Å². The van der Waals surface area contributed by atoms with Crippen molar-refractivity contribution in [2.75, 3.05) is 13.7 Å². The summed E-state index contributed by atoms with van der Waals surface area (Å²) in [5.41, 5.74) is 1.65. The Morgan fingerprint density at radius 3 is 2.48 bits per heavy atom. The molecular weight excluding hydrogens is 363 g/mol. The molecule has 7 heteroatoms. The van der Waals surface area contributed by atoms with Crippen LogP contribution in [0.4, 0.5) is 0 Å². The molecule has 1 aromatic carbocycles. The lowest BCUT2D eigenvalue weighted by atomic mass is 10.1. The molecule has 1 heterocycles. The number of rotatable bonds is 8. The summed E-state index contributed by atoms with van der Waals surface area (Å²) >= 11 is 5.77. The van der Waals surface area contributed by atoms with Crippen LogP contribution < -0.4 is 14.8 Å². The predicted molar refractivity (Wildman–Crippen MR) is 102 cm³/mol. The lowest BCUT2D eigenvalue weighted by Gasteiger charge is -2.23. The first-order chi connectivity index (χ1) is 11.4. The SMILES string of the molecule is COc1cc(CNC(C)(C)CO)ccc1OCc1ccc(Cl)nc1.Cl. The van der Waals surface area contributed by atoms with Gasteiger partial charge < -0.3 is 19.9 Å². The first-order valence-electron chi connectivity index (χ1n) is 7.69. The van der Waals surface area contributed by atoms with Crippen LogP contribution in [0, 0.1) is 0 Å². The maximum absolute atomic E-state index is 9.29. The van der Waals surface area contributed by atoms with Gasteiger partial charge in [-0.2, -0.15) is 0 Å². The van der Waals surface area contributed by atoms with Crippen molar-refractivity contribution < 1.29 is 14.6 Å². The molecule has 0 radical (unpaired) electrons. The number of aliphatic hydroxyl groups is 1. The third-order valence-electron chi connectivity index (χ3n) is 3.58. The Labute approximate surface area is 159 Å². The first kappa shape index (κ1) is 21.5. The van der Waals surface area contributed by atoms with Crippen LogP contribution in [-0.2, 0) is 13.2 Å². The zero-order valence-corrected chi connectivity index (χ0v) is 16.2. The normalized spacial score (nSPS) is 10.9. The highest BCUT2D eigenvalue weighted by molar-refractivity contribution is 6.29. The lowest BCUT2D eigenvalue weighted by Crippen LogP contribution is -2.42. The van der Waals surface area contributed by atoms with E-state index < -0.39 is 0 Å². The fraction of sp³-hybridized carbons (Fsp3) is 0.389. The Bertz CT molecular complexity index is 664. The second-order valence-corrected chi connectivity index (χ2v) is 6.55. The molecule has 0 spiro atoms. The van der Waals surface area contributed by atoms with Gasteiger partial charge >= 0.3 is 0 Å². The molecular formula is C18H24Cl2N2O3. The van der Waals surface area contributed by atoms with E-state index in [2.05, 4.69) is 10.3 Å². The molecule has 2 aromatic rings. The van der Waals surface area contributed by atoms with Gasteiger partial charge in [0.05, 0.1) is 13.7 Å². The summed E-state index contributed by atoms with van der Waals surface area (Å²) in [6.07, 6.45) is 1.68. The van der Waals surface area contributed by atoms with Gasteiger partial charge in [-0.15, -0.1) is 12.4 Å². The number of halogens is 2. The van der Waals surface area contributed by atoms with Gasteiger partial charge in [0.15, 0.2) is 11.5 Å². The number of nitrogens with one attached hydrogen (secondary N) is 1. The molecule has 0 saturated heterocycles. The minimum Gasteiger partial charge on any atom is -0.493 e. The molecule has 0 fully saturated rings. The van der Waals surface area contributed by atoms with Gasteiger partial charge in [-0.3, -0.25) is 0 Å². The molecule has 0 aliphatic rings. The number of aliphatic hydroxyl groups excluding tert-OH is 1. The van der Waals surface area contributed by atoms with Crippen LogP contribution in [0.3, 0.4) is 0 Å². The highest BCUT2D eigenvalue weighted by atomic mass is 35.5. The molecule has 0 saturated carbocycles. The average Bonchev–Trinajstić information content (AvgIpc) is 2.60. The van der Waals surface area contributed by atoms with Crippen molar-refractivity contribution in [3.63, 3.8) is 0 Å². The fourth-order valence-corrected chi connectivity index (χ4v) is 2.10. The van der Waals surface area contributed by atoms with Crippen molar-refractivity contribution >= 4 is 24.0 Å². The molecule has 0 unspecified atom stereocenters. The maximum atomic E-state index is 9.29. The Balaban J connectivity index is 0.00000312. The van der Waals surface area contributed by atoms with E-state index in [0.29, 0.717) is 29.8 Å². The monoisotopic (exact) mass is 386 g/mol.